The first-order valence-electron chi connectivity index (χ1n) is 8.24. The molecule has 0 atom stereocenters. The molecule has 2 aromatic carbocycles. The van der Waals surface area contributed by atoms with Gasteiger partial charge in [-0.25, -0.2) is 4.98 Å². The molecule has 0 saturated heterocycles. The van der Waals surface area contributed by atoms with Crippen molar-refractivity contribution >= 4 is 33.4 Å². The lowest BCUT2D eigenvalue weighted by Crippen LogP contribution is -2.06. The summed E-state index contributed by atoms with van der Waals surface area (Å²) in [6.45, 7) is 0. The van der Waals surface area contributed by atoms with Gasteiger partial charge in [-0.2, -0.15) is 18.3 Å². The molecule has 0 aliphatic heterocycles. The fraction of sp³-hybridized carbons (Fsp3) is 0.158. The van der Waals surface area contributed by atoms with Crippen molar-refractivity contribution in [2.24, 2.45) is 0 Å². The van der Waals surface area contributed by atoms with Crippen LogP contribution in [0.2, 0.25) is 5.02 Å². The second-order valence-electron chi connectivity index (χ2n) is 6.17. The number of methoxy groups -OCH3 is 2. The summed E-state index contributed by atoms with van der Waals surface area (Å²) in [4.78, 5) is 4.35. The van der Waals surface area contributed by atoms with Gasteiger partial charge in [0.25, 0.3) is 0 Å². The largest absolute Gasteiger partial charge is 0.506 e. The normalized spacial score (nSPS) is 11.9. The third-order valence-corrected chi connectivity index (χ3v) is 4.81. The Morgan fingerprint density at radius 1 is 1.03 bits per heavy atom. The molecule has 4 aromatic rings. The monoisotopic (exact) mass is 423 g/mol. The van der Waals surface area contributed by atoms with Crippen LogP contribution in [0.3, 0.4) is 0 Å². The third kappa shape index (κ3) is 3.07. The maximum Gasteiger partial charge on any atom is 0.435 e. The van der Waals surface area contributed by atoms with Gasteiger partial charge in [0.1, 0.15) is 5.75 Å². The highest BCUT2D eigenvalue weighted by molar-refractivity contribution is 6.32. The van der Waals surface area contributed by atoms with Gasteiger partial charge in [0, 0.05) is 16.3 Å². The number of phenols is 1. The van der Waals surface area contributed by atoms with Crippen LogP contribution in [-0.2, 0) is 6.18 Å². The van der Waals surface area contributed by atoms with Crippen molar-refractivity contribution in [1.82, 2.24) is 15.2 Å². The van der Waals surface area contributed by atoms with Crippen LogP contribution >= 0.6 is 11.6 Å². The van der Waals surface area contributed by atoms with Gasteiger partial charge in [0.15, 0.2) is 22.8 Å². The van der Waals surface area contributed by atoms with Crippen molar-refractivity contribution in [1.29, 1.82) is 0 Å². The number of aromatic nitrogens is 3. The summed E-state index contributed by atoms with van der Waals surface area (Å²) in [6, 6.07) is 7.41. The van der Waals surface area contributed by atoms with E-state index in [1.165, 1.54) is 32.4 Å². The minimum absolute atomic E-state index is 0.0451. The molecule has 0 amide bonds. The van der Waals surface area contributed by atoms with Gasteiger partial charge in [0.2, 0.25) is 0 Å². The van der Waals surface area contributed by atoms with Crippen LogP contribution in [0.25, 0.3) is 33.1 Å². The topological polar surface area (TPSA) is 80.3 Å². The number of H-pyrrole nitrogens is 1. The Labute approximate surface area is 166 Å². The zero-order chi connectivity index (χ0) is 20.9. The number of nitrogens with zero attached hydrogens (tertiary/aromatic N) is 2. The number of benzene rings is 2. The lowest BCUT2D eigenvalue weighted by molar-refractivity contribution is -0.139. The number of ether oxygens (including phenoxy) is 2. The molecular formula is C19H13ClF3N3O3. The van der Waals surface area contributed by atoms with Gasteiger partial charge in [-0.3, -0.25) is 5.10 Å². The summed E-state index contributed by atoms with van der Waals surface area (Å²) >= 11 is 6.01. The highest BCUT2D eigenvalue weighted by atomic mass is 35.5. The van der Waals surface area contributed by atoms with Crippen molar-refractivity contribution in [2.45, 2.75) is 6.18 Å². The fourth-order valence-corrected chi connectivity index (χ4v) is 3.38. The molecule has 0 saturated carbocycles. The molecule has 150 valence electrons. The second kappa shape index (κ2) is 6.70. The minimum Gasteiger partial charge on any atom is -0.506 e. The van der Waals surface area contributed by atoms with Gasteiger partial charge in [0.05, 0.1) is 30.3 Å². The van der Waals surface area contributed by atoms with Crippen LogP contribution in [0.4, 0.5) is 13.2 Å². The SMILES string of the molecule is COc1cc2c(-c3ccc(O)c(Cl)c3)nc3[nH]nc(C(F)(F)F)c3c2cc1OC. The van der Waals surface area contributed by atoms with E-state index in [1.54, 1.807) is 12.1 Å². The first kappa shape index (κ1) is 19.1. The average molecular weight is 424 g/mol. The number of hydrogen-bond acceptors (Lipinski definition) is 5. The first-order valence-corrected chi connectivity index (χ1v) is 8.62. The molecule has 0 radical (unpaired) electrons. The number of rotatable bonds is 3. The van der Waals surface area contributed by atoms with Gasteiger partial charge in [-0.05, 0) is 30.3 Å². The summed E-state index contributed by atoms with van der Waals surface area (Å²) in [5.41, 5.74) is -0.286. The van der Waals surface area contributed by atoms with E-state index in [2.05, 4.69) is 15.2 Å². The third-order valence-electron chi connectivity index (χ3n) is 4.51. The lowest BCUT2D eigenvalue weighted by Gasteiger charge is -2.14. The number of aromatic amines is 1. The Hall–Kier alpha value is -3.20. The van der Waals surface area contributed by atoms with Crippen molar-refractivity contribution < 1.29 is 27.8 Å². The zero-order valence-electron chi connectivity index (χ0n) is 15.1. The summed E-state index contributed by atoms with van der Waals surface area (Å²) in [5, 5.41) is 16.0. The molecule has 0 bridgehead atoms. The highest BCUT2D eigenvalue weighted by Crippen LogP contribution is 2.43. The molecule has 2 aromatic heterocycles. The van der Waals surface area contributed by atoms with E-state index in [0.29, 0.717) is 22.4 Å². The molecule has 10 heteroatoms. The number of fused-ring (bicyclic) bond motifs is 3. The van der Waals surface area contributed by atoms with Crippen LogP contribution in [-0.4, -0.2) is 34.5 Å². The van der Waals surface area contributed by atoms with E-state index in [4.69, 9.17) is 21.1 Å². The van der Waals surface area contributed by atoms with E-state index in [-0.39, 0.29) is 32.9 Å². The number of pyridine rings is 1. The predicted octanol–water partition coefficient (Wildman–Crippen LogP) is 5.17. The Morgan fingerprint density at radius 3 is 2.28 bits per heavy atom. The van der Waals surface area contributed by atoms with Crippen LogP contribution in [0, 0.1) is 0 Å². The highest BCUT2D eigenvalue weighted by Gasteiger charge is 2.37. The molecule has 0 aliphatic carbocycles. The second-order valence-corrected chi connectivity index (χ2v) is 6.58. The van der Waals surface area contributed by atoms with E-state index >= 15 is 0 Å². The fourth-order valence-electron chi connectivity index (χ4n) is 3.20. The summed E-state index contributed by atoms with van der Waals surface area (Å²) in [5.74, 6) is 0.460. The lowest BCUT2D eigenvalue weighted by atomic mass is 10.00. The summed E-state index contributed by atoms with van der Waals surface area (Å²) in [6.07, 6.45) is -4.68. The minimum atomic E-state index is -4.68. The number of alkyl halides is 3. The van der Waals surface area contributed by atoms with Gasteiger partial charge in [-0.15, -0.1) is 0 Å². The zero-order valence-corrected chi connectivity index (χ0v) is 15.8. The Morgan fingerprint density at radius 2 is 1.69 bits per heavy atom. The number of halogens is 4. The number of hydrogen-bond donors (Lipinski definition) is 2. The van der Waals surface area contributed by atoms with Crippen LogP contribution in [0.1, 0.15) is 5.69 Å². The van der Waals surface area contributed by atoms with Crippen molar-refractivity contribution in [3.63, 3.8) is 0 Å². The number of aromatic hydroxyl groups is 1. The van der Waals surface area contributed by atoms with Crippen LogP contribution in [0.5, 0.6) is 17.2 Å². The average Bonchev–Trinajstić information content (AvgIpc) is 3.13. The maximum absolute atomic E-state index is 13.5. The Balaban J connectivity index is 2.17. The predicted molar refractivity (Wildman–Crippen MR) is 102 cm³/mol. The van der Waals surface area contributed by atoms with Crippen molar-refractivity contribution in [3.05, 3.63) is 41.0 Å². The maximum atomic E-state index is 13.5. The Bertz CT molecular complexity index is 1250. The van der Waals surface area contributed by atoms with Crippen molar-refractivity contribution in [3.8, 4) is 28.5 Å². The molecule has 0 unspecified atom stereocenters. The smallest absolute Gasteiger partial charge is 0.435 e. The van der Waals surface area contributed by atoms with E-state index in [1.807, 2.05) is 0 Å². The Kier molecular flexibility index (Phi) is 4.42. The molecule has 0 spiro atoms. The van der Waals surface area contributed by atoms with E-state index in [0.717, 1.165) is 0 Å². The van der Waals surface area contributed by atoms with Crippen LogP contribution in [0.15, 0.2) is 30.3 Å². The van der Waals surface area contributed by atoms with Crippen LogP contribution < -0.4 is 9.47 Å². The molecule has 4 rings (SSSR count). The molecule has 0 fully saturated rings. The number of nitrogens with one attached hydrogen (secondary N) is 1. The van der Waals surface area contributed by atoms with E-state index in [9.17, 15) is 18.3 Å². The quantitative estimate of drug-likeness (QED) is 0.475. The standard InChI is InChI=1S/C19H13ClF3N3O3/c1-28-13-6-9-10(7-14(13)29-2)16(8-3-4-12(27)11(20)5-8)24-18-15(9)17(25-26-18)19(21,22)23/h3-7,27H,1-2H3,(H,24,25,26). The molecule has 0 aliphatic rings. The summed E-state index contributed by atoms with van der Waals surface area (Å²) in [7, 11) is 2.81. The van der Waals surface area contributed by atoms with Gasteiger partial charge < -0.3 is 14.6 Å². The summed E-state index contributed by atoms with van der Waals surface area (Å²) < 4.78 is 51.1. The molecule has 2 heterocycles. The van der Waals surface area contributed by atoms with E-state index < -0.39 is 11.9 Å². The van der Waals surface area contributed by atoms with Crippen molar-refractivity contribution in [2.75, 3.05) is 14.2 Å². The molecule has 6 nitrogen and oxygen atoms in total. The molecule has 29 heavy (non-hydrogen) atoms. The first-order chi connectivity index (χ1) is 13.7. The molecular weight excluding hydrogens is 411 g/mol. The van der Waals surface area contributed by atoms with Gasteiger partial charge >= 0.3 is 6.18 Å². The molecule has 2 N–H and O–H groups in total. The van der Waals surface area contributed by atoms with Gasteiger partial charge in [-0.1, -0.05) is 11.6 Å². The number of phenolic OH excluding ortho intramolecular Hbond substituents is 1.